The number of hydrogen-bond donors (Lipinski definition) is 1. The van der Waals surface area contributed by atoms with E-state index in [1.807, 2.05) is 42.2 Å². The van der Waals surface area contributed by atoms with Crippen LogP contribution in [0, 0.1) is 0 Å². The van der Waals surface area contributed by atoms with Crippen LogP contribution >= 0.6 is 0 Å². The number of piperazine rings is 1. The standard InChI is InChI=1S/C50H51N3O7/c1-31(2)48(56)59-27-26-58-44(55)21-20-43(54)53-25-24-52(30-32(53)3)35-18-16-34(17-19-35)50(33-12-8-7-9-13-33)23-22-37-46-45(36-14-10-11-15-40(36)49(46,4)5)38-28-41(51)42(57-6)29-39(38)47(37)60-50/h7-19,22-23,28-29,32H,1,20-21,24-27,30,51H2,2-6H3. The molecule has 2 aliphatic heterocycles. The number of esters is 2. The molecule has 10 nitrogen and oxygen atoms in total. The topological polar surface area (TPSA) is 121 Å². The van der Waals surface area contributed by atoms with Gasteiger partial charge in [0.15, 0.2) is 5.60 Å². The molecule has 1 amide bonds. The van der Waals surface area contributed by atoms with Crippen LogP contribution in [0.3, 0.4) is 0 Å². The molecule has 2 atom stereocenters. The number of fused-ring (bicyclic) bond motifs is 8. The Morgan fingerprint density at radius 1 is 0.883 bits per heavy atom. The maximum absolute atomic E-state index is 13.2. The normalized spacial score (nSPS) is 18.5. The Labute approximate surface area is 351 Å². The van der Waals surface area contributed by atoms with Gasteiger partial charge in [0, 0.05) is 70.8 Å². The quantitative estimate of drug-likeness (QED) is 0.0606. The molecule has 2 heterocycles. The zero-order valence-corrected chi connectivity index (χ0v) is 34.9. The average Bonchev–Trinajstić information content (AvgIpc) is 3.50. The van der Waals surface area contributed by atoms with Gasteiger partial charge in [0.25, 0.3) is 0 Å². The molecule has 0 bridgehead atoms. The number of amides is 1. The fourth-order valence-corrected chi connectivity index (χ4v) is 9.15. The second kappa shape index (κ2) is 15.9. The Hall–Kier alpha value is -6.55. The van der Waals surface area contributed by atoms with Gasteiger partial charge in [-0.25, -0.2) is 4.79 Å². The van der Waals surface area contributed by atoms with Crippen LogP contribution < -0.4 is 20.1 Å². The van der Waals surface area contributed by atoms with Crippen LogP contribution in [0.5, 0.6) is 11.5 Å². The fraction of sp³-hybridized carbons (Fsp3) is 0.300. The van der Waals surface area contributed by atoms with Crippen LogP contribution in [0.1, 0.15) is 68.4 Å². The third-order valence-corrected chi connectivity index (χ3v) is 12.2. The van der Waals surface area contributed by atoms with Crippen molar-refractivity contribution in [2.75, 3.05) is 50.6 Å². The summed E-state index contributed by atoms with van der Waals surface area (Å²) in [5.74, 6) is 0.234. The highest BCUT2D eigenvalue weighted by atomic mass is 16.6. The number of benzene rings is 5. The summed E-state index contributed by atoms with van der Waals surface area (Å²) in [6.07, 6.45) is 4.44. The summed E-state index contributed by atoms with van der Waals surface area (Å²) in [7, 11) is 1.64. The number of methoxy groups -OCH3 is 1. The van der Waals surface area contributed by atoms with Crippen LogP contribution in [0.4, 0.5) is 11.4 Å². The third-order valence-electron chi connectivity index (χ3n) is 12.2. The molecular formula is C50H51N3O7. The number of rotatable bonds is 11. The summed E-state index contributed by atoms with van der Waals surface area (Å²) < 4.78 is 23.4. The van der Waals surface area contributed by atoms with Crippen molar-refractivity contribution in [3.8, 4) is 22.6 Å². The lowest BCUT2D eigenvalue weighted by Gasteiger charge is -2.41. The van der Waals surface area contributed by atoms with Gasteiger partial charge in [-0.3, -0.25) is 9.59 Å². The minimum atomic E-state index is -0.952. The second-order valence-corrected chi connectivity index (χ2v) is 16.4. The first-order valence-corrected chi connectivity index (χ1v) is 20.5. The predicted molar refractivity (Wildman–Crippen MR) is 235 cm³/mol. The van der Waals surface area contributed by atoms with Gasteiger partial charge in [-0.1, -0.05) is 93.2 Å². The van der Waals surface area contributed by atoms with Gasteiger partial charge in [-0.15, -0.1) is 0 Å². The van der Waals surface area contributed by atoms with Gasteiger partial charge in [-0.2, -0.15) is 0 Å². The minimum absolute atomic E-state index is 0.0445. The van der Waals surface area contributed by atoms with Gasteiger partial charge >= 0.3 is 11.9 Å². The van der Waals surface area contributed by atoms with E-state index in [1.54, 1.807) is 14.0 Å². The molecule has 308 valence electrons. The van der Waals surface area contributed by atoms with Crippen molar-refractivity contribution in [2.24, 2.45) is 0 Å². The molecule has 5 aromatic rings. The largest absolute Gasteiger partial charge is 0.495 e. The number of ether oxygens (including phenoxy) is 4. The molecule has 0 aromatic heterocycles. The van der Waals surface area contributed by atoms with Gasteiger partial charge in [0.05, 0.1) is 19.2 Å². The summed E-state index contributed by atoms with van der Waals surface area (Å²) in [5, 5.41) is 1.96. The molecule has 1 aliphatic carbocycles. The number of hydrogen-bond acceptors (Lipinski definition) is 9. The van der Waals surface area contributed by atoms with Crippen LogP contribution in [-0.2, 0) is 34.9 Å². The number of nitrogens with zero attached hydrogens (tertiary/aromatic N) is 2. The maximum Gasteiger partial charge on any atom is 0.333 e. The summed E-state index contributed by atoms with van der Waals surface area (Å²) >= 11 is 0. The van der Waals surface area contributed by atoms with Gasteiger partial charge in [0.2, 0.25) is 5.91 Å². The van der Waals surface area contributed by atoms with E-state index < -0.39 is 17.5 Å². The number of carbonyl (C=O) groups excluding carboxylic acids is 3. The first-order chi connectivity index (χ1) is 28.8. The Kier molecular flexibility index (Phi) is 10.7. The van der Waals surface area contributed by atoms with Crippen molar-refractivity contribution in [1.29, 1.82) is 0 Å². The second-order valence-electron chi connectivity index (χ2n) is 16.4. The van der Waals surface area contributed by atoms with Crippen molar-refractivity contribution in [3.63, 3.8) is 0 Å². The van der Waals surface area contributed by atoms with Crippen molar-refractivity contribution in [2.45, 2.75) is 57.6 Å². The van der Waals surface area contributed by atoms with Gasteiger partial charge in [-0.05, 0) is 71.8 Å². The van der Waals surface area contributed by atoms with Crippen LogP contribution in [-0.4, -0.2) is 68.7 Å². The highest BCUT2D eigenvalue weighted by Crippen LogP contribution is 2.58. The summed E-state index contributed by atoms with van der Waals surface area (Å²) in [4.78, 5) is 41.1. The maximum atomic E-state index is 13.2. The predicted octanol–water partition coefficient (Wildman–Crippen LogP) is 8.57. The van der Waals surface area contributed by atoms with Gasteiger partial charge in [0.1, 0.15) is 24.7 Å². The molecule has 60 heavy (non-hydrogen) atoms. The van der Waals surface area contributed by atoms with Gasteiger partial charge < -0.3 is 34.5 Å². The van der Waals surface area contributed by atoms with Crippen molar-refractivity contribution in [3.05, 3.63) is 137 Å². The summed E-state index contributed by atoms with van der Waals surface area (Å²) in [6, 6.07) is 31.4. The molecule has 10 heteroatoms. The molecular weight excluding hydrogens is 755 g/mol. The molecule has 8 rings (SSSR count). The van der Waals surface area contributed by atoms with Crippen molar-refractivity contribution >= 4 is 46.1 Å². The van der Waals surface area contributed by atoms with Crippen LogP contribution in [0.15, 0.2) is 109 Å². The Balaban J connectivity index is 1.05. The number of nitrogen functional groups attached to an aromatic ring is 1. The number of carbonyl (C=O) groups is 3. The average molecular weight is 806 g/mol. The smallest absolute Gasteiger partial charge is 0.333 e. The molecule has 3 aliphatic rings. The highest BCUT2D eigenvalue weighted by molar-refractivity contribution is 6.10. The van der Waals surface area contributed by atoms with E-state index in [9.17, 15) is 14.4 Å². The molecule has 0 spiro atoms. The molecule has 2 unspecified atom stereocenters. The Bertz CT molecular complexity index is 2550. The van der Waals surface area contributed by atoms with E-state index >= 15 is 0 Å². The van der Waals surface area contributed by atoms with Crippen LogP contribution in [0.25, 0.3) is 28.0 Å². The lowest BCUT2D eigenvalue weighted by atomic mass is 9.76. The fourth-order valence-electron chi connectivity index (χ4n) is 9.15. The van der Waals surface area contributed by atoms with Crippen molar-refractivity contribution < 1.29 is 33.3 Å². The van der Waals surface area contributed by atoms with Crippen LogP contribution in [0.2, 0.25) is 0 Å². The van der Waals surface area contributed by atoms with E-state index in [0.29, 0.717) is 31.1 Å². The van der Waals surface area contributed by atoms with E-state index in [2.05, 4.69) is 98.1 Å². The van der Waals surface area contributed by atoms with E-state index in [-0.39, 0.29) is 49.0 Å². The lowest BCUT2D eigenvalue weighted by Crippen LogP contribution is -2.54. The minimum Gasteiger partial charge on any atom is -0.495 e. The number of nitrogens with two attached hydrogens (primary N) is 1. The number of anilines is 2. The van der Waals surface area contributed by atoms with E-state index in [1.165, 1.54) is 22.3 Å². The first kappa shape index (κ1) is 40.2. The molecule has 2 N–H and O–H groups in total. The summed E-state index contributed by atoms with van der Waals surface area (Å²) in [5.41, 5.74) is 15.1. The SMILES string of the molecule is C=C(C)C(=O)OCCOC(=O)CCC(=O)N1CCN(c2ccc(C3(c4ccccc4)C=Cc4c5c(c6cc(N)c(OC)cc6c4O3)-c3ccccc3C5(C)C)cc2)CC1C. The Morgan fingerprint density at radius 2 is 1.58 bits per heavy atom. The zero-order chi connectivity index (χ0) is 42.3. The van der Waals surface area contributed by atoms with E-state index in [4.69, 9.17) is 24.7 Å². The summed E-state index contributed by atoms with van der Waals surface area (Å²) in [6.45, 7) is 13.3. The van der Waals surface area contributed by atoms with Crippen molar-refractivity contribution in [1.82, 2.24) is 4.90 Å². The molecule has 1 saturated heterocycles. The zero-order valence-electron chi connectivity index (χ0n) is 34.9. The monoisotopic (exact) mass is 805 g/mol. The molecule has 0 saturated carbocycles. The molecule has 0 radical (unpaired) electrons. The third kappa shape index (κ3) is 7.03. The Morgan fingerprint density at radius 3 is 2.30 bits per heavy atom. The lowest BCUT2D eigenvalue weighted by molar-refractivity contribution is -0.151. The molecule has 1 fully saturated rings. The first-order valence-electron chi connectivity index (χ1n) is 20.5. The van der Waals surface area contributed by atoms with E-state index in [0.717, 1.165) is 38.9 Å². The molecule has 5 aromatic carbocycles. The highest BCUT2D eigenvalue weighted by Gasteiger charge is 2.44.